The number of fused-ring (bicyclic) bond motifs is 1. The van der Waals surface area contributed by atoms with Crippen molar-refractivity contribution in [2.45, 2.75) is 17.9 Å². The molecule has 1 N–H and O–H groups in total. The summed E-state index contributed by atoms with van der Waals surface area (Å²) in [7, 11) is -0.708. The van der Waals surface area contributed by atoms with Crippen molar-refractivity contribution < 1.29 is 17.5 Å². The fourth-order valence-corrected chi connectivity index (χ4v) is 3.74. The molecule has 7 heteroatoms. The number of ether oxygens (including phenoxy) is 1. The van der Waals surface area contributed by atoms with Crippen LogP contribution in [-0.4, -0.2) is 29.1 Å². The Kier molecular flexibility index (Phi) is 4.47. The number of nitrogens with one attached hydrogen (secondary N) is 1. The fraction of sp³-hybridized carbons (Fsp3) is 0.294. The van der Waals surface area contributed by atoms with Crippen molar-refractivity contribution in [1.82, 2.24) is 4.72 Å². The Morgan fingerprint density at radius 1 is 1.25 bits per heavy atom. The maximum Gasteiger partial charge on any atom is 0.240 e. The first-order valence-electron chi connectivity index (χ1n) is 7.59. The van der Waals surface area contributed by atoms with Gasteiger partial charge in [0.25, 0.3) is 0 Å². The summed E-state index contributed by atoms with van der Waals surface area (Å²) in [6.07, 6.45) is 0.745. The van der Waals surface area contributed by atoms with Crippen LogP contribution in [0.4, 0.5) is 10.1 Å². The third kappa shape index (κ3) is 2.97. The molecule has 1 aliphatic heterocycles. The number of anilines is 1. The SMILES string of the molecule is CNS(=O)(=O)c1ccc(N2CCc3c(cccc3OC)C2)c(F)c1. The van der Waals surface area contributed by atoms with Gasteiger partial charge in [0, 0.05) is 18.7 Å². The zero-order chi connectivity index (χ0) is 17.3. The minimum Gasteiger partial charge on any atom is -0.496 e. The van der Waals surface area contributed by atoms with Gasteiger partial charge in [-0.3, -0.25) is 0 Å². The standard InChI is InChI=1S/C17H19FN2O3S/c1-19-24(21,22)13-6-7-16(15(18)10-13)20-9-8-14-12(11-20)4-3-5-17(14)23-2/h3-7,10,19H,8-9,11H2,1-2H3. The van der Waals surface area contributed by atoms with Gasteiger partial charge >= 0.3 is 0 Å². The van der Waals surface area contributed by atoms with Crippen LogP contribution < -0.4 is 14.4 Å². The molecule has 0 aliphatic carbocycles. The Hall–Kier alpha value is -2.12. The van der Waals surface area contributed by atoms with Gasteiger partial charge in [0.15, 0.2) is 0 Å². The molecule has 0 radical (unpaired) electrons. The molecule has 0 fully saturated rings. The van der Waals surface area contributed by atoms with E-state index in [1.54, 1.807) is 7.11 Å². The molecule has 128 valence electrons. The molecule has 0 saturated heterocycles. The second-order valence-corrected chi connectivity index (χ2v) is 7.48. The molecule has 0 saturated carbocycles. The highest BCUT2D eigenvalue weighted by atomic mass is 32.2. The topological polar surface area (TPSA) is 58.6 Å². The van der Waals surface area contributed by atoms with Crippen LogP contribution in [0.2, 0.25) is 0 Å². The van der Waals surface area contributed by atoms with Gasteiger partial charge < -0.3 is 9.64 Å². The van der Waals surface area contributed by atoms with Gasteiger partial charge in [-0.05, 0) is 43.3 Å². The van der Waals surface area contributed by atoms with Gasteiger partial charge in [0.05, 0.1) is 17.7 Å². The molecule has 0 bridgehead atoms. The van der Waals surface area contributed by atoms with E-state index in [4.69, 9.17) is 4.74 Å². The van der Waals surface area contributed by atoms with Crippen molar-refractivity contribution in [2.75, 3.05) is 25.6 Å². The minimum absolute atomic E-state index is 0.0784. The van der Waals surface area contributed by atoms with Crippen LogP contribution in [0.15, 0.2) is 41.3 Å². The van der Waals surface area contributed by atoms with Gasteiger partial charge in [0.1, 0.15) is 11.6 Å². The number of methoxy groups -OCH3 is 1. The van der Waals surface area contributed by atoms with E-state index in [1.165, 1.54) is 19.2 Å². The van der Waals surface area contributed by atoms with Crippen LogP contribution in [0.3, 0.4) is 0 Å². The summed E-state index contributed by atoms with van der Waals surface area (Å²) < 4.78 is 45.6. The highest BCUT2D eigenvalue weighted by molar-refractivity contribution is 7.89. The van der Waals surface area contributed by atoms with Crippen LogP contribution >= 0.6 is 0 Å². The van der Waals surface area contributed by atoms with E-state index in [0.717, 1.165) is 29.4 Å². The van der Waals surface area contributed by atoms with E-state index in [0.29, 0.717) is 18.8 Å². The number of sulfonamides is 1. The number of hydrogen-bond acceptors (Lipinski definition) is 4. The summed E-state index contributed by atoms with van der Waals surface area (Å²) in [5.74, 6) is 0.306. The van der Waals surface area contributed by atoms with E-state index >= 15 is 0 Å². The molecular formula is C17H19FN2O3S. The van der Waals surface area contributed by atoms with Crippen LogP contribution in [0.1, 0.15) is 11.1 Å². The predicted octanol–water partition coefficient (Wildman–Crippen LogP) is 2.31. The van der Waals surface area contributed by atoms with Crippen molar-refractivity contribution in [3.8, 4) is 5.75 Å². The third-order valence-electron chi connectivity index (χ3n) is 4.28. The largest absolute Gasteiger partial charge is 0.496 e. The van der Waals surface area contributed by atoms with Crippen LogP contribution in [0.25, 0.3) is 0 Å². The summed E-state index contributed by atoms with van der Waals surface area (Å²) in [5, 5.41) is 0. The van der Waals surface area contributed by atoms with Crippen molar-refractivity contribution in [2.24, 2.45) is 0 Å². The Labute approximate surface area is 141 Å². The maximum atomic E-state index is 14.5. The maximum absolute atomic E-state index is 14.5. The minimum atomic E-state index is -3.65. The first-order chi connectivity index (χ1) is 11.5. The lowest BCUT2D eigenvalue weighted by molar-refractivity contribution is 0.407. The fourth-order valence-electron chi connectivity index (χ4n) is 3.00. The van der Waals surface area contributed by atoms with Crippen LogP contribution in [-0.2, 0) is 23.0 Å². The molecule has 0 unspecified atom stereocenters. The molecule has 24 heavy (non-hydrogen) atoms. The number of nitrogens with zero attached hydrogens (tertiary/aromatic N) is 1. The molecule has 1 heterocycles. The molecule has 5 nitrogen and oxygen atoms in total. The highest BCUT2D eigenvalue weighted by Crippen LogP contribution is 2.32. The van der Waals surface area contributed by atoms with Crippen molar-refractivity contribution >= 4 is 15.7 Å². The molecule has 3 rings (SSSR count). The van der Waals surface area contributed by atoms with Crippen molar-refractivity contribution in [3.63, 3.8) is 0 Å². The summed E-state index contributed by atoms with van der Waals surface area (Å²) >= 11 is 0. The van der Waals surface area contributed by atoms with Crippen molar-refractivity contribution in [3.05, 3.63) is 53.3 Å². The summed E-state index contributed by atoms with van der Waals surface area (Å²) in [6, 6.07) is 9.84. The number of hydrogen-bond donors (Lipinski definition) is 1. The van der Waals surface area contributed by atoms with Gasteiger partial charge in [0.2, 0.25) is 10.0 Å². The van der Waals surface area contributed by atoms with E-state index < -0.39 is 15.8 Å². The zero-order valence-corrected chi connectivity index (χ0v) is 14.4. The average Bonchev–Trinajstić information content (AvgIpc) is 2.60. The lowest BCUT2D eigenvalue weighted by Crippen LogP contribution is -2.31. The highest BCUT2D eigenvalue weighted by Gasteiger charge is 2.22. The number of rotatable bonds is 4. The molecule has 1 aliphatic rings. The Balaban J connectivity index is 1.91. The smallest absolute Gasteiger partial charge is 0.240 e. The molecule has 0 atom stereocenters. The van der Waals surface area contributed by atoms with Gasteiger partial charge in [-0.1, -0.05) is 12.1 Å². The molecular weight excluding hydrogens is 331 g/mol. The second kappa shape index (κ2) is 6.41. The van der Waals surface area contributed by atoms with Gasteiger partial charge in [-0.2, -0.15) is 0 Å². The Morgan fingerprint density at radius 3 is 2.71 bits per heavy atom. The van der Waals surface area contributed by atoms with E-state index in [-0.39, 0.29) is 4.90 Å². The molecule has 0 amide bonds. The lowest BCUT2D eigenvalue weighted by Gasteiger charge is -2.31. The van der Waals surface area contributed by atoms with E-state index in [9.17, 15) is 12.8 Å². The second-order valence-electron chi connectivity index (χ2n) is 5.59. The van der Waals surface area contributed by atoms with Crippen LogP contribution in [0, 0.1) is 5.82 Å². The monoisotopic (exact) mass is 350 g/mol. The third-order valence-corrected chi connectivity index (χ3v) is 5.69. The van der Waals surface area contributed by atoms with E-state index in [2.05, 4.69) is 4.72 Å². The molecule has 2 aromatic carbocycles. The number of halogens is 1. The summed E-state index contributed by atoms with van der Waals surface area (Å²) in [4.78, 5) is 1.83. The number of benzene rings is 2. The van der Waals surface area contributed by atoms with Gasteiger partial charge in [-0.15, -0.1) is 0 Å². The molecule has 0 spiro atoms. The predicted molar refractivity (Wildman–Crippen MR) is 90.4 cm³/mol. The average molecular weight is 350 g/mol. The molecule has 2 aromatic rings. The molecule has 0 aromatic heterocycles. The Bertz CT molecular complexity index is 868. The van der Waals surface area contributed by atoms with Gasteiger partial charge in [-0.25, -0.2) is 17.5 Å². The normalized spacial score (nSPS) is 14.4. The summed E-state index contributed by atoms with van der Waals surface area (Å²) in [5.41, 5.74) is 2.64. The summed E-state index contributed by atoms with van der Waals surface area (Å²) in [6.45, 7) is 1.20. The van der Waals surface area contributed by atoms with E-state index in [1.807, 2.05) is 23.1 Å². The quantitative estimate of drug-likeness (QED) is 0.919. The lowest BCUT2D eigenvalue weighted by atomic mass is 9.98. The zero-order valence-electron chi connectivity index (χ0n) is 13.5. The van der Waals surface area contributed by atoms with Crippen molar-refractivity contribution in [1.29, 1.82) is 0 Å². The first-order valence-corrected chi connectivity index (χ1v) is 9.07. The van der Waals surface area contributed by atoms with Crippen LogP contribution in [0.5, 0.6) is 5.75 Å². The first kappa shape index (κ1) is 16.7. The Morgan fingerprint density at radius 2 is 2.04 bits per heavy atom.